The van der Waals surface area contributed by atoms with Crippen LogP contribution in [0.2, 0.25) is 5.02 Å². The monoisotopic (exact) mass is 334 g/mol. The maximum absolute atomic E-state index is 11.9. The molecule has 1 fully saturated rings. The lowest BCUT2D eigenvalue weighted by Crippen LogP contribution is -2.43. The Morgan fingerprint density at radius 1 is 1.38 bits per heavy atom. The normalized spacial score (nSPS) is 15.8. The minimum atomic E-state index is -3.82. The summed E-state index contributed by atoms with van der Waals surface area (Å²) in [6.45, 7) is 1.90. The molecule has 0 spiro atoms. The molecule has 1 aromatic carbocycles. The number of nitrogens with zero attached hydrogens (tertiary/aromatic N) is 1. The maximum Gasteiger partial charge on any atom is 0.260 e. The number of halogens is 1. The fourth-order valence-corrected chi connectivity index (χ4v) is 2.66. The zero-order valence-electron chi connectivity index (χ0n) is 11.1. The van der Waals surface area contributed by atoms with Crippen LogP contribution >= 0.6 is 11.6 Å². The van der Waals surface area contributed by atoms with Crippen molar-refractivity contribution < 1.29 is 22.7 Å². The highest BCUT2D eigenvalue weighted by atomic mass is 35.5. The van der Waals surface area contributed by atoms with Crippen molar-refractivity contribution in [2.75, 3.05) is 32.9 Å². The van der Waals surface area contributed by atoms with Gasteiger partial charge in [-0.1, -0.05) is 11.6 Å². The SMILES string of the molecule is NS(=O)(=O)c1ccc(OCC(=O)N2CCOCC2)c(Cl)c1. The quantitative estimate of drug-likeness (QED) is 0.849. The zero-order chi connectivity index (χ0) is 15.5. The Morgan fingerprint density at radius 3 is 2.62 bits per heavy atom. The van der Waals surface area contributed by atoms with Gasteiger partial charge in [0.05, 0.1) is 23.1 Å². The maximum atomic E-state index is 11.9. The van der Waals surface area contributed by atoms with Gasteiger partial charge in [0.25, 0.3) is 5.91 Å². The predicted molar refractivity (Wildman–Crippen MR) is 75.7 cm³/mol. The van der Waals surface area contributed by atoms with E-state index in [0.717, 1.165) is 0 Å². The van der Waals surface area contributed by atoms with Crippen molar-refractivity contribution in [3.63, 3.8) is 0 Å². The van der Waals surface area contributed by atoms with E-state index >= 15 is 0 Å². The Kier molecular flexibility index (Phi) is 5.04. The topological polar surface area (TPSA) is 98.9 Å². The number of carbonyl (C=O) groups is 1. The third-order valence-electron chi connectivity index (χ3n) is 2.95. The van der Waals surface area contributed by atoms with Crippen LogP contribution in [-0.4, -0.2) is 52.1 Å². The van der Waals surface area contributed by atoms with Gasteiger partial charge in [0.1, 0.15) is 5.75 Å². The Hall–Kier alpha value is -1.35. The molecule has 0 unspecified atom stereocenters. The summed E-state index contributed by atoms with van der Waals surface area (Å²) in [4.78, 5) is 13.4. The highest BCUT2D eigenvalue weighted by Crippen LogP contribution is 2.26. The second-order valence-corrected chi connectivity index (χ2v) is 6.39. The second-order valence-electron chi connectivity index (χ2n) is 4.42. The molecule has 21 heavy (non-hydrogen) atoms. The summed E-state index contributed by atoms with van der Waals surface area (Å²) in [5.41, 5.74) is 0. The van der Waals surface area contributed by atoms with Gasteiger partial charge in [-0.25, -0.2) is 13.6 Å². The van der Waals surface area contributed by atoms with Gasteiger partial charge in [-0.3, -0.25) is 4.79 Å². The molecule has 2 N–H and O–H groups in total. The molecule has 2 rings (SSSR count). The smallest absolute Gasteiger partial charge is 0.260 e. The summed E-state index contributed by atoms with van der Waals surface area (Å²) >= 11 is 5.91. The van der Waals surface area contributed by atoms with Gasteiger partial charge in [0.2, 0.25) is 10.0 Å². The number of amides is 1. The number of morpholine rings is 1. The molecule has 9 heteroatoms. The van der Waals surface area contributed by atoms with Crippen molar-refractivity contribution in [3.8, 4) is 5.75 Å². The number of rotatable bonds is 4. The number of ether oxygens (including phenoxy) is 2. The van der Waals surface area contributed by atoms with Crippen LogP contribution in [0.3, 0.4) is 0 Å². The molecule has 0 aromatic heterocycles. The molecule has 7 nitrogen and oxygen atoms in total. The highest BCUT2D eigenvalue weighted by molar-refractivity contribution is 7.89. The number of sulfonamides is 1. The summed E-state index contributed by atoms with van der Waals surface area (Å²) in [6, 6.07) is 3.83. The van der Waals surface area contributed by atoms with Crippen molar-refractivity contribution in [1.82, 2.24) is 4.90 Å². The molecule has 1 aliphatic heterocycles. The molecule has 0 bridgehead atoms. The van der Waals surface area contributed by atoms with Crippen LogP contribution in [0.15, 0.2) is 23.1 Å². The zero-order valence-corrected chi connectivity index (χ0v) is 12.7. The van der Waals surface area contributed by atoms with Crippen LogP contribution in [0.4, 0.5) is 0 Å². The molecule has 0 atom stereocenters. The first-order valence-electron chi connectivity index (χ1n) is 6.18. The fraction of sp³-hybridized carbons (Fsp3) is 0.417. The third kappa shape index (κ3) is 4.31. The van der Waals surface area contributed by atoms with E-state index in [9.17, 15) is 13.2 Å². The molecule has 116 valence electrons. The van der Waals surface area contributed by atoms with Crippen molar-refractivity contribution in [2.45, 2.75) is 4.90 Å². The molecule has 0 aliphatic carbocycles. The first-order valence-corrected chi connectivity index (χ1v) is 8.11. The van der Waals surface area contributed by atoms with E-state index in [4.69, 9.17) is 26.2 Å². The van der Waals surface area contributed by atoms with Crippen molar-refractivity contribution in [1.29, 1.82) is 0 Å². The van der Waals surface area contributed by atoms with Crippen LogP contribution in [0, 0.1) is 0 Å². The second kappa shape index (κ2) is 6.61. The Balaban J connectivity index is 1.98. The van der Waals surface area contributed by atoms with Crippen LogP contribution in [-0.2, 0) is 19.6 Å². The predicted octanol–water partition coefficient (Wildman–Crippen LogP) is 0.225. The van der Waals surface area contributed by atoms with E-state index < -0.39 is 10.0 Å². The van der Waals surface area contributed by atoms with Crippen LogP contribution < -0.4 is 9.88 Å². The fourth-order valence-electron chi connectivity index (χ4n) is 1.82. The molecule has 0 radical (unpaired) electrons. The molecule has 1 amide bonds. The number of primary sulfonamides is 1. The molecule has 1 saturated heterocycles. The Morgan fingerprint density at radius 2 is 2.05 bits per heavy atom. The standard InChI is InChI=1S/C12H15ClN2O5S/c13-10-7-9(21(14,17)18)1-2-11(10)20-8-12(16)15-3-5-19-6-4-15/h1-2,7H,3-6,8H2,(H2,14,17,18). The number of carbonyl (C=O) groups excluding carboxylic acids is 1. The number of nitrogens with two attached hydrogens (primary N) is 1. The molecule has 1 aliphatic rings. The summed E-state index contributed by atoms with van der Waals surface area (Å²) in [5.74, 6) is 0.0514. The molecular weight excluding hydrogens is 320 g/mol. The van der Waals surface area contributed by atoms with E-state index in [-0.39, 0.29) is 28.2 Å². The van der Waals surface area contributed by atoms with Gasteiger partial charge in [0, 0.05) is 13.1 Å². The van der Waals surface area contributed by atoms with Gasteiger partial charge in [-0.05, 0) is 18.2 Å². The van der Waals surface area contributed by atoms with Gasteiger partial charge in [-0.15, -0.1) is 0 Å². The van der Waals surface area contributed by atoms with Gasteiger partial charge >= 0.3 is 0 Å². The minimum Gasteiger partial charge on any atom is -0.482 e. The third-order valence-corrected chi connectivity index (χ3v) is 4.15. The average Bonchev–Trinajstić information content (AvgIpc) is 2.45. The van der Waals surface area contributed by atoms with E-state index in [1.807, 2.05) is 0 Å². The van der Waals surface area contributed by atoms with E-state index in [1.165, 1.54) is 18.2 Å². The lowest BCUT2D eigenvalue weighted by molar-refractivity contribution is -0.137. The first kappa shape index (κ1) is 16.0. The summed E-state index contributed by atoms with van der Waals surface area (Å²) in [5, 5.41) is 5.08. The minimum absolute atomic E-state index is 0.0799. The van der Waals surface area contributed by atoms with Gasteiger partial charge in [-0.2, -0.15) is 0 Å². The molecule has 0 saturated carbocycles. The summed E-state index contributed by atoms with van der Waals surface area (Å²) < 4.78 is 32.8. The molecular formula is C12H15ClN2O5S. The lowest BCUT2D eigenvalue weighted by atomic mass is 10.3. The van der Waals surface area contributed by atoms with Crippen LogP contribution in [0.1, 0.15) is 0 Å². The summed E-state index contributed by atoms with van der Waals surface area (Å²) in [7, 11) is -3.82. The number of benzene rings is 1. The highest BCUT2D eigenvalue weighted by Gasteiger charge is 2.18. The summed E-state index contributed by atoms with van der Waals surface area (Å²) in [6.07, 6.45) is 0. The lowest BCUT2D eigenvalue weighted by Gasteiger charge is -2.26. The van der Waals surface area contributed by atoms with E-state index in [0.29, 0.717) is 26.3 Å². The van der Waals surface area contributed by atoms with Gasteiger partial charge < -0.3 is 14.4 Å². The van der Waals surface area contributed by atoms with Crippen molar-refractivity contribution in [2.24, 2.45) is 5.14 Å². The first-order chi connectivity index (χ1) is 9.88. The largest absolute Gasteiger partial charge is 0.482 e. The van der Waals surface area contributed by atoms with E-state index in [1.54, 1.807) is 4.90 Å². The molecule has 1 heterocycles. The van der Waals surface area contributed by atoms with Crippen molar-refractivity contribution in [3.05, 3.63) is 23.2 Å². The number of hydrogen-bond acceptors (Lipinski definition) is 5. The van der Waals surface area contributed by atoms with Gasteiger partial charge in [0.15, 0.2) is 6.61 Å². The Labute approximate surface area is 127 Å². The Bertz CT molecular complexity index is 629. The average molecular weight is 335 g/mol. The van der Waals surface area contributed by atoms with Crippen LogP contribution in [0.5, 0.6) is 5.75 Å². The molecule has 1 aromatic rings. The van der Waals surface area contributed by atoms with Crippen molar-refractivity contribution >= 4 is 27.5 Å². The number of hydrogen-bond donors (Lipinski definition) is 1. The van der Waals surface area contributed by atoms with E-state index in [2.05, 4.69) is 0 Å². The van der Waals surface area contributed by atoms with Crippen LogP contribution in [0.25, 0.3) is 0 Å².